The summed E-state index contributed by atoms with van der Waals surface area (Å²) in [6, 6.07) is 9.62. The Balaban J connectivity index is 1.81. The Morgan fingerprint density at radius 1 is 1.25 bits per heavy atom. The summed E-state index contributed by atoms with van der Waals surface area (Å²) in [6.07, 6.45) is 0. The van der Waals surface area contributed by atoms with E-state index in [-0.39, 0.29) is 18.0 Å². The van der Waals surface area contributed by atoms with Gasteiger partial charge in [-0.1, -0.05) is 26.0 Å². The van der Waals surface area contributed by atoms with E-state index in [9.17, 15) is 9.59 Å². The van der Waals surface area contributed by atoms with Gasteiger partial charge in [0.1, 0.15) is 17.1 Å². The normalized spacial score (nSPS) is 10.8. The van der Waals surface area contributed by atoms with Crippen LogP contribution in [0.1, 0.15) is 47.2 Å². The summed E-state index contributed by atoms with van der Waals surface area (Å²) in [5, 5.41) is 11.7. The fraction of sp³-hybridized carbons (Fsp3) is 0.333. The second-order valence-electron chi connectivity index (χ2n) is 5.78. The van der Waals surface area contributed by atoms with Gasteiger partial charge in [0, 0.05) is 4.90 Å². The number of aromatic carboxylic acids is 1. The zero-order valence-corrected chi connectivity index (χ0v) is 14.8. The molecule has 128 valence electrons. The number of nitrogens with one attached hydrogen (secondary N) is 1. The van der Waals surface area contributed by atoms with E-state index >= 15 is 0 Å². The molecule has 0 aliphatic heterocycles. The number of benzene rings is 1. The molecule has 1 heterocycles. The Bertz CT molecular complexity index is 719. The largest absolute Gasteiger partial charge is 0.478 e. The first-order valence-electron chi connectivity index (χ1n) is 7.69. The quantitative estimate of drug-likeness (QED) is 0.744. The standard InChI is InChI=1S/C18H21NO4S/c1-11(2)13-4-6-15(7-5-13)24-10-17(20)19-9-14-8-16(18(21)22)12(3)23-14/h4-8,11H,9-10H2,1-3H3,(H,19,20)(H,21,22). The fourth-order valence-corrected chi connectivity index (χ4v) is 2.91. The highest BCUT2D eigenvalue weighted by molar-refractivity contribution is 8.00. The van der Waals surface area contributed by atoms with Crippen molar-refractivity contribution in [3.8, 4) is 0 Å². The van der Waals surface area contributed by atoms with Crippen LogP contribution in [0.2, 0.25) is 0 Å². The van der Waals surface area contributed by atoms with Gasteiger partial charge in [0.15, 0.2) is 0 Å². The number of rotatable bonds is 7. The summed E-state index contributed by atoms with van der Waals surface area (Å²) in [5.41, 5.74) is 1.39. The van der Waals surface area contributed by atoms with E-state index < -0.39 is 5.97 Å². The van der Waals surface area contributed by atoms with Crippen molar-refractivity contribution in [3.05, 3.63) is 53.0 Å². The van der Waals surface area contributed by atoms with Crippen molar-refractivity contribution in [1.82, 2.24) is 5.32 Å². The summed E-state index contributed by atoms with van der Waals surface area (Å²) in [5.74, 6) is 0.399. The fourth-order valence-electron chi connectivity index (χ4n) is 2.18. The second kappa shape index (κ2) is 8.06. The van der Waals surface area contributed by atoms with Crippen molar-refractivity contribution in [3.63, 3.8) is 0 Å². The number of furan rings is 1. The molecule has 0 aliphatic rings. The molecule has 2 N–H and O–H groups in total. The van der Waals surface area contributed by atoms with E-state index in [0.717, 1.165) is 4.90 Å². The number of hydrogen-bond acceptors (Lipinski definition) is 4. The van der Waals surface area contributed by atoms with Crippen LogP contribution in [0.3, 0.4) is 0 Å². The zero-order valence-electron chi connectivity index (χ0n) is 14.0. The maximum Gasteiger partial charge on any atom is 0.339 e. The number of hydrogen-bond donors (Lipinski definition) is 2. The first-order chi connectivity index (χ1) is 11.4. The minimum Gasteiger partial charge on any atom is -0.478 e. The molecule has 0 saturated heterocycles. The third-order valence-electron chi connectivity index (χ3n) is 3.58. The SMILES string of the molecule is Cc1oc(CNC(=O)CSc2ccc(C(C)C)cc2)cc1C(=O)O. The molecule has 0 radical (unpaired) electrons. The number of amides is 1. The Morgan fingerprint density at radius 3 is 2.46 bits per heavy atom. The van der Waals surface area contributed by atoms with Crippen LogP contribution < -0.4 is 5.32 Å². The van der Waals surface area contributed by atoms with E-state index in [2.05, 4.69) is 31.3 Å². The Hall–Kier alpha value is -2.21. The number of carboxylic acid groups (broad SMARTS) is 1. The van der Waals surface area contributed by atoms with Crippen LogP contribution in [-0.4, -0.2) is 22.7 Å². The van der Waals surface area contributed by atoms with Gasteiger partial charge < -0.3 is 14.8 Å². The van der Waals surface area contributed by atoms with Gasteiger partial charge in [-0.15, -0.1) is 11.8 Å². The van der Waals surface area contributed by atoms with E-state index in [1.807, 2.05) is 12.1 Å². The first-order valence-corrected chi connectivity index (χ1v) is 8.67. The summed E-state index contributed by atoms with van der Waals surface area (Å²) in [4.78, 5) is 23.9. The number of carbonyl (C=O) groups excluding carboxylic acids is 1. The highest BCUT2D eigenvalue weighted by Crippen LogP contribution is 2.21. The lowest BCUT2D eigenvalue weighted by atomic mass is 10.0. The Labute approximate surface area is 145 Å². The molecule has 0 fully saturated rings. The third-order valence-corrected chi connectivity index (χ3v) is 4.59. The molecule has 0 aliphatic carbocycles. The predicted molar refractivity (Wildman–Crippen MR) is 93.5 cm³/mol. The Kier molecular flexibility index (Phi) is 6.09. The van der Waals surface area contributed by atoms with Crippen molar-refractivity contribution < 1.29 is 19.1 Å². The predicted octanol–water partition coefficient (Wildman–Crippen LogP) is 3.82. The number of aryl methyl sites for hydroxylation is 1. The molecule has 1 amide bonds. The molecule has 0 atom stereocenters. The van der Waals surface area contributed by atoms with Crippen molar-refractivity contribution in [2.24, 2.45) is 0 Å². The molecule has 2 aromatic rings. The number of thioether (sulfide) groups is 1. The van der Waals surface area contributed by atoms with E-state index in [1.54, 1.807) is 6.92 Å². The van der Waals surface area contributed by atoms with Gasteiger partial charge in [0.2, 0.25) is 5.91 Å². The molecule has 1 aromatic heterocycles. The molecular weight excluding hydrogens is 326 g/mol. The van der Waals surface area contributed by atoms with Crippen LogP contribution in [0, 0.1) is 6.92 Å². The minimum absolute atomic E-state index is 0.124. The van der Waals surface area contributed by atoms with Crippen LogP contribution in [-0.2, 0) is 11.3 Å². The molecule has 0 spiro atoms. The topological polar surface area (TPSA) is 79.5 Å². The third kappa shape index (κ3) is 4.89. The van der Waals surface area contributed by atoms with Gasteiger partial charge in [-0.2, -0.15) is 0 Å². The molecule has 2 rings (SSSR count). The smallest absolute Gasteiger partial charge is 0.339 e. The van der Waals surface area contributed by atoms with E-state index in [1.165, 1.54) is 23.4 Å². The Morgan fingerprint density at radius 2 is 1.92 bits per heavy atom. The number of carbonyl (C=O) groups is 2. The van der Waals surface area contributed by atoms with Crippen LogP contribution >= 0.6 is 11.8 Å². The van der Waals surface area contributed by atoms with Crippen LogP contribution in [0.5, 0.6) is 0 Å². The van der Waals surface area contributed by atoms with Crippen molar-refractivity contribution >= 4 is 23.6 Å². The van der Waals surface area contributed by atoms with Gasteiger partial charge in [0.25, 0.3) is 0 Å². The van der Waals surface area contributed by atoms with Crippen LogP contribution in [0.15, 0.2) is 39.6 Å². The molecule has 1 aromatic carbocycles. The van der Waals surface area contributed by atoms with Gasteiger partial charge in [-0.05, 0) is 36.6 Å². The van der Waals surface area contributed by atoms with Gasteiger partial charge in [-0.3, -0.25) is 4.79 Å². The first kappa shape index (κ1) is 18.1. The van der Waals surface area contributed by atoms with Gasteiger partial charge in [-0.25, -0.2) is 4.79 Å². The lowest BCUT2D eigenvalue weighted by Crippen LogP contribution is -2.24. The summed E-state index contributed by atoms with van der Waals surface area (Å²) >= 11 is 1.46. The molecular formula is C18H21NO4S. The van der Waals surface area contributed by atoms with E-state index in [0.29, 0.717) is 23.2 Å². The molecule has 0 bridgehead atoms. The molecule has 24 heavy (non-hydrogen) atoms. The van der Waals surface area contributed by atoms with Crippen molar-refractivity contribution in [2.75, 3.05) is 5.75 Å². The lowest BCUT2D eigenvalue weighted by molar-refractivity contribution is -0.118. The van der Waals surface area contributed by atoms with Crippen molar-refractivity contribution in [1.29, 1.82) is 0 Å². The lowest BCUT2D eigenvalue weighted by Gasteiger charge is -2.07. The summed E-state index contributed by atoms with van der Waals surface area (Å²) in [7, 11) is 0. The molecule has 0 unspecified atom stereocenters. The highest BCUT2D eigenvalue weighted by atomic mass is 32.2. The summed E-state index contributed by atoms with van der Waals surface area (Å²) < 4.78 is 5.32. The average molecular weight is 347 g/mol. The molecule has 6 heteroatoms. The minimum atomic E-state index is -1.03. The van der Waals surface area contributed by atoms with Gasteiger partial charge in [0.05, 0.1) is 12.3 Å². The van der Waals surface area contributed by atoms with Gasteiger partial charge >= 0.3 is 5.97 Å². The molecule has 5 nitrogen and oxygen atoms in total. The maximum atomic E-state index is 11.9. The monoisotopic (exact) mass is 347 g/mol. The van der Waals surface area contributed by atoms with Crippen LogP contribution in [0.4, 0.5) is 0 Å². The van der Waals surface area contributed by atoms with Crippen molar-refractivity contribution in [2.45, 2.75) is 38.1 Å². The van der Waals surface area contributed by atoms with E-state index in [4.69, 9.17) is 9.52 Å². The highest BCUT2D eigenvalue weighted by Gasteiger charge is 2.14. The zero-order chi connectivity index (χ0) is 17.7. The average Bonchev–Trinajstić information content (AvgIpc) is 2.92. The van der Waals surface area contributed by atoms with Crippen LogP contribution in [0.25, 0.3) is 0 Å². The number of carboxylic acids is 1. The summed E-state index contributed by atoms with van der Waals surface area (Å²) in [6.45, 7) is 6.05. The maximum absolute atomic E-state index is 11.9. The molecule has 0 saturated carbocycles. The second-order valence-corrected chi connectivity index (χ2v) is 6.83.